The minimum Gasteiger partial charge on any atom is -0.496 e. The Hall–Kier alpha value is -2.10. The number of hydrazone groups is 1. The smallest absolute Gasteiger partial charge is 0.431 e. The standard InChI is InChI=1S/C17H18F4N2O3S/c1-23-10(4-14(22-23)17(19,20)21)7-26-11-5-12(18)16-9(3-15(24)25-2)8-27-13(16)6-11/h6,8,10,12H,3-5,7H2,1-2H3. The van der Waals surface area contributed by atoms with Gasteiger partial charge in [0.05, 0.1) is 19.6 Å². The van der Waals surface area contributed by atoms with Crippen LogP contribution < -0.4 is 0 Å². The lowest BCUT2D eigenvalue weighted by Crippen LogP contribution is -2.29. The lowest BCUT2D eigenvalue weighted by Gasteiger charge is -2.23. The Morgan fingerprint density at radius 1 is 1.41 bits per heavy atom. The van der Waals surface area contributed by atoms with Gasteiger partial charge in [0.15, 0.2) is 0 Å². The molecule has 5 nitrogen and oxygen atoms in total. The van der Waals surface area contributed by atoms with Gasteiger partial charge in [-0.05, 0) is 17.0 Å². The van der Waals surface area contributed by atoms with Crippen LogP contribution in [0, 0.1) is 0 Å². The molecule has 1 aliphatic carbocycles. The van der Waals surface area contributed by atoms with Crippen LogP contribution in [-0.2, 0) is 20.7 Å². The van der Waals surface area contributed by atoms with Crippen molar-refractivity contribution in [2.24, 2.45) is 5.10 Å². The maximum atomic E-state index is 14.6. The molecule has 0 saturated carbocycles. The number of rotatable bonds is 5. The number of ether oxygens (including phenoxy) is 2. The molecule has 3 rings (SSSR count). The average molecular weight is 406 g/mol. The molecule has 0 fully saturated rings. The van der Waals surface area contributed by atoms with Gasteiger partial charge in [0.1, 0.15) is 24.2 Å². The third-order valence-corrected chi connectivity index (χ3v) is 5.51. The number of carbonyl (C=O) groups excluding carboxylic acids is 1. The van der Waals surface area contributed by atoms with E-state index in [0.717, 1.165) is 0 Å². The maximum absolute atomic E-state index is 14.6. The number of fused-ring (bicyclic) bond motifs is 1. The predicted molar refractivity (Wildman–Crippen MR) is 92.1 cm³/mol. The second-order valence-corrected chi connectivity index (χ2v) is 7.27. The molecule has 10 heteroatoms. The highest BCUT2D eigenvalue weighted by Gasteiger charge is 2.42. The van der Waals surface area contributed by atoms with Crippen molar-refractivity contribution in [3.8, 4) is 0 Å². The molecule has 148 valence electrons. The fourth-order valence-corrected chi connectivity index (χ4v) is 4.11. The molecule has 2 unspecified atom stereocenters. The highest BCUT2D eigenvalue weighted by Crippen LogP contribution is 2.41. The predicted octanol–water partition coefficient (Wildman–Crippen LogP) is 3.86. The van der Waals surface area contributed by atoms with Gasteiger partial charge in [-0.25, -0.2) is 4.39 Å². The normalized spacial score (nSPS) is 22.2. The van der Waals surface area contributed by atoms with Crippen molar-refractivity contribution < 1.29 is 31.8 Å². The van der Waals surface area contributed by atoms with E-state index in [0.29, 0.717) is 21.8 Å². The van der Waals surface area contributed by atoms with Crippen molar-refractivity contribution in [3.05, 3.63) is 27.1 Å². The molecular formula is C17H18F4N2O3S. The van der Waals surface area contributed by atoms with Crippen LogP contribution in [0.15, 0.2) is 16.2 Å². The molecule has 0 N–H and O–H groups in total. The summed E-state index contributed by atoms with van der Waals surface area (Å²) in [6.45, 7) is -0.0200. The molecule has 0 amide bonds. The Bertz CT molecular complexity index is 788. The van der Waals surface area contributed by atoms with Crippen LogP contribution in [0.3, 0.4) is 0 Å². The molecule has 0 aromatic carbocycles. The zero-order valence-corrected chi connectivity index (χ0v) is 15.5. The van der Waals surface area contributed by atoms with E-state index >= 15 is 0 Å². The van der Waals surface area contributed by atoms with Crippen molar-refractivity contribution in [1.29, 1.82) is 0 Å². The second kappa shape index (κ2) is 7.49. The number of allylic oxidation sites excluding steroid dienone is 1. The van der Waals surface area contributed by atoms with E-state index in [1.807, 2.05) is 0 Å². The SMILES string of the molecule is COC(=O)Cc1csc2c1C(F)CC(OCC1CC(C(F)(F)F)=NN1C)=C2. The number of nitrogens with zero attached hydrogens (tertiary/aromatic N) is 2. The molecule has 0 bridgehead atoms. The summed E-state index contributed by atoms with van der Waals surface area (Å²) in [5.41, 5.74) is 0.203. The number of hydrogen-bond donors (Lipinski definition) is 0. The zero-order valence-electron chi connectivity index (χ0n) is 14.7. The third-order valence-electron chi connectivity index (χ3n) is 4.51. The van der Waals surface area contributed by atoms with Gasteiger partial charge >= 0.3 is 12.1 Å². The second-order valence-electron chi connectivity index (χ2n) is 6.36. The molecule has 1 aromatic rings. The molecule has 1 aliphatic heterocycles. The molecular weight excluding hydrogens is 388 g/mol. The zero-order chi connectivity index (χ0) is 19.8. The Labute approximate surface area is 157 Å². The minimum atomic E-state index is -4.46. The molecule has 2 heterocycles. The highest BCUT2D eigenvalue weighted by atomic mass is 32.1. The van der Waals surface area contributed by atoms with Crippen LogP contribution in [0.2, 0.25) is 0 Å². The number of esters is 1. The van der Waals surface area contributed by atoms with E-state index in [1.165, 1.54) is 30.5 Å². The van der Waals surface area contributed by atoms with Crippen LogP contribution in [-0.4, -0.2) is 49.7 Å². The van der Waals surface area contributed by atoms with Crippen molar-refractivity contribution in [1.82, 2.24) is 5.01 Å². The maximum Gasteiger partial charge on any atom is 0.431 e. The van der Waals surface area contributed by atoms with Gasteiger partial charge in [-0.3, -0.25) is 9.80 Å². The number of likely N-dealkylation sites (N-methyl/N-ethyl adjacent to an activating group) is 1. The van der Waals surface area contributed by atoms with Crippen molar-refractivity contribution in [3.63, 3.8) is 0 Å². The lowest BCUT2D eigenvalue weighted by molar-refractivity contribution is -0.139. The monoisotopic (exact) mass is 406 g/mol. The Morgan fingerprint density at radius 3 is 2.78 bits per heavy atom. The Balaban J connectivity index is 1.65. The first-order valence-corrected chi connectivity index (χ1v) is 9.09. The minimum absolute atomic E-state index is 0.00277. The summed E-state index contributed by atoms with van der Waals surface area (Å²) in [6, 6.07) is -0.555. The molecule has 2 atom stereocenters. The number of alkyl halides is 4. The summed E-state index contributed by atoms with van der Waals surface area (Å²) in [7, 11) is 2.73. The summed E-state index contributed by atoms with van der Waals surface area (Å²) in [5.74, 6) is -0.0751. The highest BCUT2D eigenvalue weighted by molar-refractivity contribution is 7.11. The first-order chi connectivity index (χ1) is 12.7. The Kier molecular flexibility index (Phi) is 5.45. The summed E-state index contributed by atoms with van der Waals surface area (Å²) >= 11 is 1.29. The van der Waals surface area contributed by atoms with Crippen molar-refractivity contribution in [2.45, 2.75) is 37.7 Å². The number of thiophene rings is 1. The van der Waals surface area contributed by atoms with Crippen LogP contribution >= 0.6 is 11.3 Å². The van der Waals surface area contributed by atoms with E-state index in [1.54, 1.807) is 11.5 Å². The van der Waals surface area contributed by atoms with E-state index in [9.17, 15) is 22.4 Å². The summed E-state index contributed by atoms with van der Waals surface area (Å²) in [6.07, 6.45) is -4.41. The van der Waals surface area contributed by atoms with Gasteiger partial charge in [-0.15, -0.1) is 11.3 Å². The summed E-state index contributed by atoms with van der Waals surface area (Å²) in [4.78, 5) is 12.1. The molecule has 0 saturated heterocycles. The number of halogens is 4. The molecule has 27 heavy (non-hydrogen) atoms. The van der Waals surface area contributed by atoms with Crippen LogP contribution in [0.1, 0.15) is 35.0 Å². The van der Waals surface area contributed by atoms with Crippen LogP contribution in [0.25, 0.3) is 6.08 Å². The fraction of sp³-hybridized carbons (Fsp3) is 0.529. The van der Waals surface area contributed by atoms with Crippen molar-refractivity contribution in [2.75, 3.05) is 20.8 Å². The third kappa shape index (κ3) is 4.26. The van der Waals surface area contributed by atoms with E-state index in [4.69, 9.17) is 4.74 Å². The van der Waals surface area contributed by atoms with E-state index in [2.05, 4.69) is 9.84 Å². The van der Waals surface area contributed by atoms with Gasteiger partial charge in [-0.2, -0.15) is 18.3 Å². The van der Waals surface area contributed by atoms with Gasteiger partial charge in [-0.1, -0.05) is 0 Å². The molecule has 0 radical (unpaired) electrons. The van der Waals surface area contributed by atoms with Gasteiger partial charge < -0.3 is 9.47 Å². The summed E-state index contributed by atoms with van der Waals surface area (Å²) < 4.78 is 63.1. The van der Waals surface area contributed by atoms with Gasteiger partial charge in [0.25, 0.3) is 0 Å². The number of carbonyl (C=O) groups is 1. The van der Waals surface area contributed by atoms with Gasteiger partial charge in [0, 0.05) is 30.3 Å². The molecule has 0 spiro atoms. The molecule has 1 aromatic heterocycles. The quantitative estimate of drug-likeness (QED) is 0.551. The van der Waals surface area contributed by atoms with E-state index in [-0.39, 0.29) is 25.9 Å². The van der Waals surface area contributed by atoms with Gasteiger partial charge in [0.2, 0.25) is 0 Å². The Morgan fingerprint density at radius 2 is 2.15 bits per heavy atom. The largest absolute Gasteiger partial charge is 0.496 e. The first kappa shape index (κ1) is 19.7. The van der Waals surface area contributed by atoms with Crippen LogP contribution in [0.5, 0.6) is 0 Å². The topological polar surface area (TPSA) is 51.1 Å². The lowest BCUT2D eigenvalue weighted by atomic mass is 9.96. The molecule has 2 aliphatic rings. The number of hydrogen-bond acceptors (Lipinski definition) is 6. The van der Waals surface area contributed by atoms with Crippen molar-refractivity contribution >= 4 is 29.1 Å². The number of methoxy groups -OCH3 is 1. The first-order valence-electron chi connectivity index (χ1n) is 8.21. The average Bonchev–Trinajstić information content (AvgIpc) is 3.16. The fourth-order valence-electron chi connectivity index (χ4n) is 3.05. The summed E-state index contributed by atoms with van der Waals surface area (Å²) in [5, 5.41) is 6.44. The van der Waals surface area contributed by atoms with Crippen LogP contribution in [0.4, 0.5) is 17.6 Å². The van der Waals surface area contributed by atoms with E-state index < -0.39 is 30.1 Å².